The zero-order chi connectivity index (χ0) is 16.2. The second-order valence-electron chi connectivity index (χ2n) is 5.05. The highest BCUT2D eigenvalue weighted by Gasteiger charge is 2.18. The molecule has 7 heteroatoms. The fourth-order valence-corrected chi connectivity index (χ4v) is 2.24. The molecule has 1 heterocycles. The predicted molar refractivity (Wildman–Crippen MR) is 83.1 cm³/mol. The van der Waals surface area contributed by atoms with Crippen molar-refractivity contribution in [2.75, 3.05) is 5.32 Å². The maximum absolute atomic E-state index is 14.4. The third kappa shape index (κ3) is 3.23. The molecule has 2 aromatic carbocycles. The molecule has 0 fully saturated rings. The lowest BCUT2D eigenvalue weighted by Gasteiger charge is -2.12. The van der Waals surface area contributed by atoms with Crippen LogP contribution in [0.5, 0.6) is 0 Å². The van der Waals surface area contributed by atoms with E-state index >= 15 is 0 Å². The van der Waals surface area contributed by atoms with Crippen molar-refractivity contribution < 1.29 is 9.18 Å². The number of halogens is 1. The van der Waals surface area contributed by atoms with Gasteiger partial charge in [-0.05, 0) is 29.3 Å². The first-order valence-corrected chi connectivity index (χ1v) is 7.04. The molecule has 1 unspecified atom stereocenters. The normalized spacial score (nSPS) is 11.9. The van der Waals surface area contributed by atoms with Crippen molar-refractivity contribution in [3.63, 3.8) is 0 Å². The number of nitrogens with one attached hydrogen (secondary N) is 2. The van der Waals surface area contributed by atoms with Crippen LogP contribution >= 0.6 is 0 Å². The molecule has 0 aliphatic carbocycles. The van der Waals surface area contributed by atoms with Crippen molar-refractivity contribution in [3.05, 3.63) is 59.9 Å². The summed E-state index contributed by atoms with van der Waals surface area (Å²) in [5.74, 6) is -1.16. The van der Waals surface area contributed by atoms with Crippen LogP contribution < -0.4 is 5.32 Å². The molecule has 23 heavy (non-hydrogen) atoms. The Balaban J connectivity index is 1.81. The monoisotopic (exact) mass is 311 g/mol. The van der Waals surface area contributed by atoms with Crippen molar-refractivity contribution in [2.24, 2.45) is 0 Å². The van der Waals surface area contributed by atoms with Gasteiger partial charge in [-0.15, -0.1) is 5.10 Å². The van der Waals surface area contributed by atoms with Gasteiger partial charge in [0.1, 0.15) is 5.82 Å². The van der Waals surface area contributed by atoms with Gasteiger partial charge in [-0.25, -0.2) is 4.39 Å². The lowest BCUT2D eigenvalue weighted by Crippen LogP contribution is -2.19. The molecule has 1 amide bonds. The maximum atomic E-state index is 14.4. The molecular formula is C16H14FN5O. The van der Waals surface area contributed by atoms with Gasteiger partial charge in [-0.3, -0.25) is 10.1 Å². The molecule has 3 aromatic rings. The average Bonchev–Trinajstić information content (AvgIpc) is 3.07. The Bertz CT molecular complexity index is 805. The Morgan fingerprint density at radius 2 is 2.00 bits per heavy atom. The number of aromatic amines is 1. The first-order valence-electron chi connectivity index (χ1n) is 7.04. The van der Waals surface area contributed by atoms with Crippen molar-refractivity contribution in [2.45, 2.75) is 12.8 Å². The quantitative estimate of drug-likeness (QED) is 0.776. The second kappa shape index (κ2) is 6.35. The molecule has 0 spiro atoms. The largest absolute Gasteiger partial charge is 0.291 e. The van der Waals surface area contributed by atoms with E-state index in [1.165, 1.54) is 6.07 Å². The minimum absolute atomic E-state index is 0.0863. The number of anilines is 1. The highest BCUT2D eigenvalue weighted by Crippen LogP contribution is 2.26. The van der Waals surface area contributed by atoms with Gasteiger partial charge in [0.25, 0.3) is 5.95 Å². The van der Waals surface area contributed by atoms with Crippen LogP contribution in [-0.4, -0.2) is 26.5 Å². The van der Waals surface area contributed by atoms with Crippen molar-refractivity contribution >= 4 is 11.9 Å². The molecule has 2 N–H and O–H groups in total. The molecule has 0 aliphatic heterocycles. The van der Waals surface area contributed by atoms with E-state index < -0.39 is 5.92 Å². The van der Waals surface area contributed by atoms with Gasteiger partial charge < -0.3 is 0 Å². The van der Waals surface area contributed by atoms with Crippen LogP contribution in [-0.2, 0) is 4.79 Å². The summed E-state index contributed by atoms with van der Waals surface area (Å²) < 4.78 is 14.4. The van der Waals surface area contributed by atoms with Gasteiger partial charge in [-0.1, -0.05) is 47.6 Å². The Labute approximate surface area is 131 Å². The highest BCUT2D eigenvalue weighted by atomic mass is 19.1. The van der Waals surface area contributed by atoms with Gasteiger partial charge in [-0.2, -0.15) is 5.21 Å². The standard InChI is InChI=1S/C16H14FN5O/c1-10(15(23)18-16-19-21-22-20-16)12-7-8-13(14(17)9-12)11-5-3-2-4-6-11/h2-10H,1H3,(H2,18,19,20,21,22,23). The van der Waals surface area contributed by atoms with Crippen molar-refractivity contribution in [1.82, 2.24) is 20.6 Å². The molecular weight excluding hydrogens is 297 g/mol. The van der Waals surface area contributed by atoms with Crippen molar-refractivity contribution in [1.29, 1.82) is 0 Å². The number of benzene rings is 2. The number of tetrazole rings is 1. The summed E-state index contributed by atoms with van der Waals surface area (Å²) in [5.41, 5.74) is 1.86. The summed E-state index contributed by atoms with van der Waals surface area (Å²) in [5, 5.41) is 15.4. The Hall–Kier alpha value is -3.09. The number of rotatable bonds is 4. The lowest BCUT2D eigenvalue weighted by molar-refractivity contribution is -0.117. The van der Waals surface area contributed by atoms with Crippen LogP contribution in [0.1, 0.15) is 18.4 Å². The van der Waals surface area contributed by atoms with Crippen LogP contribution in [0.15, 0.2) is 48.5 Å². The number of H-pyrrole nitrogens is 1. The third-order valence-electron chi connectivity index (χ3n) is 3.55. The van der Waals surface area contributed by atoms with Gasteiger partial charge in [0.15, 0.2) is 0 Å². The number of hydrogen-bond donors (Lipinski definition) is 2. The molecule has 3 rings (SSSR count). The van der Waals surface area contributed by atoms with Crippen molar-refractivity contribution in [3.8, 4) is 11.1 Å². The minimum Gasteiger partial charge on any atom is -0.291 e. The smallest absolute Gasteiger partial charge is 0.269 e. The van der Waals surface area contributed by atoms with Gasteiger partial charge >= 0.3 is 0 Å². The van der Waals surface area contributed by atoms with Gasteiger partial charge in [0, 0.05) is 5.56 Å². The molecule has 0 aliphatic rings. The van der Waals surface area contributed by atoms with Crippen LogP contribution in [0.2, 0.25) is 0 Å². The van der Waals surface area contributed by atoms with E-state index in [0.29, 0.717) is 11.1 Å². The van der Waals surface area contributed by atoms with E-state index in [4.69, 9.17) is 0 Å². The second-order valence-corrected chi connectivity index (χ2v) is 5.05. The summed E-state index contributed by atoms with van der Waals surface area (Å²) >= 11 is 0. The Morgan fingerprint density at radius 1 is 1.22 bits per heavy atom. The fraction of sp³-hybridized carbons (Fsp3) is 0.125. The van der Waals surface area contributed by atoms with Gasteiger partial charge in [0.05, 0.1) is 5.92 Å². The Kier molecular flexibility index (Phi) is 4.09. The molecule has 0 radical (unpaired) electrons. The maximum Gasteiger partial charge on any atom is 0.269 e. The van der Waals surface area contributed by atoms with Gasteiger partial charge in [0.2, 0.25) is 5.91 Å². The minimum atomic E-state index is -0.548. The topological polar surface area (TPSA) is 83.6 Å². The molecule has 1 aromatic heterocycles. The summed E-state index contributed by atoms with van der Waals surface area (Å²) in [6, 6.07) is 14.1. The predicted octanol–water partition coefficient (Wildman–Crippen LogP) is 2.75. The SMILES string of the molecule is CC(C(=O)Nc1nn[nH]n1)c1ccc(-c2ccccc2)c(F)c1. The van der Waals surface area contributed by atoms with Crippen LogP contribution in [0.25, 0.3) is 11.1 Å². The van der Waals surface area contributed by atoms with E-state index in [1.54, 1.807) is 19.1 Å². The molecule has 0 saturated heterocycles. The van der Waals surface area contributed by atoms with E-state index in [9.17, 15) is 9.18 Å². The number of nitrogens with zero attached hydrogens (tertiary/aromatic N) is 3. The molecule has 6 nitrogen and oxygen atoms in total. The summed E-state index contributed by atoms with van der Waals surface area (Å²) in [4.78, 5) is 12.1. The molecule has 1 atom stereocenters. The van der Waals surface area contributed by atoms with E-state index in [1.807, 2.05) is 30.3 Å². The molecule has 0 saturated carbocycles. The highest BCUT2D eigenvalue weighted by molar-refractivity contribution is 5.94. The third-order valence-corrected chi connectivity index (χ3v) is 3.55. The average molecular weight is 311 g/mol. The number of carbonyl (C=O) groups is 1. The number of hydrogen-bond acceptors (Lipinski definition) is 4. The van der Waals surface area contributed by atoms with Crippen LogP contribution in [0, 0.1) is 5.82 Å². The lowest BCUT2D eigenvalue weighted by atomic mass is 9.96. The first-order chi connectivity index (χ1) is 11.1. The number of carbonyl (C=O) groups excluding carboxylic acids is 1. The van der Waals surface area contributed by atoms with Crippen LogP contribution in [0.4, 0.5) is 10.3 Å². The first kappa shape index (κ1) is 14.8. The van der Waals surface area contributed by atoms with E-state index in [2.05, 4.69) is 25.9 Å². The Morgan fingerprint density at radius 3 is 2.65 bits per heavy atom. The zero-order valence-corrected chi connectivity index (χ0v) is 12.3. The van der Waals surface area contributed by atoms with Crippen LogP contribution in [0.3, 0.4) is 0 Å². The summed E-state index contributed by atoms with van der Waals surface area (Å²) in [6.45, 7) is 1.69. The summed E-state index contributed by atoms with van der Waals surface area (Å²) in [7, 11) is 0. The molecule has 116 valence electrons. The fourth-order valence-electron chi connectivity index (χ4n) is 2.24. The number of aromatic nitrogens is 4. The van der Waals surface area contributed by atoms with E-state index in [0.717, 1.165) is 5.56 Å². The summed E-state index contributed by atoms with van der Waals surface area (Å²) in [6.07, 6.45) is 0. The number of amides is 1. The van der Waals surface area contributed by atoms with E-state index in [-0.39, 0.29) is 17.7 Å². The molecule has 0 bridgehead atoms. The zero-order valence-electron chi connectivity index (χ0n) is 12.3.